The van der Waals surface area contributed by atoms with Crippen molar-refractivity contribution in [2.45, 2.75) is 76.0 Å². The Morgan fingerprint density at radius 2 is 1.77 bits per heavy atom. The lowest BCUT2D eigenvalue weighted by Crippen LogP contribution is -2.48. The van der Waals surface area contributed by atoms with Crippen LogP contribution >= 0.6 is 0 Å². The van der Waals surface area contributed by atoms with Crippen LogP contribution < -0.4 is 10.1 Å². The molecule has 1 fully saturated rings. The van der Waals surface area contributed by atoms with Gasteiger partial charge in [0.15, 0.2) is 0 Å². The highest BCUT2D eigenvalue weighted by molar-refractivity contribution is 6.72. The number of halogens is 1. The summed E-state index contributed by atoms with van der Waals surface area (Å²) in [6, 6.07) is 22.4. The van der Waals surface area contributed by atoms with Gasteiger partial charge < -0.3 is 28.9 Å². The van der Waals surface area contributed by atoms with Crippen LogP contribution in [0.1, 0.15) is 46.8 Å². The lowest BCUT2D eigenvalue weighted by atomic mass is 9.93. The molecule has 7 nitrogen and oxygen atoms in total. The van der Waals surface area contributed by atoms with Gasteiger partial charge in [-0.15, -0.1) is 0 Å². The highest BCUT2D eigenvalue weighted by Crippen LogP contribution is 2.47. The van der Waals surface area contributed by atoms with Gasteiger partial charge >= 0.3 is 0 Å². The van der Waals surface area contributed by atoms with Gasteiger partial charge in [0.25, 0.3) is 5.91 Å². The van der Waals surface area contributed by atoms with Crippen LogP contribution in [-0.2, 0) is 28.9 Å². The van der Waals surface area contributed by atoms with Crippen molar-refractivity contribution >= 4 is 25.9 Å². The van der Waals surface area contributed by atoms with Gasteiger partial charge in [-0.05, 0) is 91.4 Å². The first-order valence-electron chi connectivity index (χ1n) is 15.4. The molecular formula is C35H43FN2O5Si. The standard InChI is InChI=1S/C35H43FN2O5Si/c1-23-31(17-12-24-8-7-11-28(18-24)37-35(41)25-13-15-30(42-2)16-14-25)43-32(34(23)44(3,4)36)20-33(40)38-21-27-10-6-5-9-26(27)19-29(38)22-39/h5-11,13-16,18,23,29,31-32,34,39H,12,17,19-22H2,1-4H3,(H,37,41)/t23-,29-,31+,32-,34+/m0/s1. The van der Waals surface area contributed by atoms with Crippen molar-refractivity contribution in [3.8, 4) is 5.75 Å². The molecule has 0 aromatic heterocycles. The van der Waals surface area contributed by atoms with Crippen molar-refractivity contribution in [3.63, 3.8) is 0 Å². The van der Waals surface area contributed by atoms with E-state index >= 15 is 4.11 Å². The molecule has 5 rings (SSSR count). The van der Waals surface area contributed by atoms with E-state index in [0.29, 0.717) is 42.8 Å². The van der Waals surface area contributed by atoms with Crippen LogP contribution in [0.5, 0.6) is 5.75 Å². The maximum Gasteiger partial charge on any atom is 0.255 e. The molecule has 1 saturated heterocycles. The molecule has 2 aliphatic heterocycles. The van der Waals surface area contributed by atoms with Crippen molar-refractivity contribution in [1.29, 1.82) is 0 Å². The minimum atomic E-state index is -3.17. The quantitative estimate of drug-likeness (QED) is 0.210. The van der Waals surface area contributed by atoms with E-state index in [9.17, 15) is 14.7 Å². The van der Waals surface area contributed by atoms with E-state index in [1.165, 1.54) is 0 Å². The lowest BCUT2D eigenvalue weighted by molar-refractivity contribution is -0.138. The number of fused-ring (bicyclic) bond motifs is 1. The van der Waals surface area contributed by atoms with E-state index in [-0.39, 0.29) is 48.4 Å². The predicted octanol–water partition coefficient (Wildman–Crippen LogP) is 6.16. The van der Waals surface area contributed by atoms with Gasteiger partial charge in [-0.3, -0.25) is 9.59 Å². The zero-order chi connectivity index (χ0) is 31.4. The normalized spacial score (nSPS) is 23.2. The number of aryl methyl sites for hydroxylation is 1. The van der Waals surface area contributed by atoms with Crippen molar-refractivity contribution in [2.75, 3.05) is 19.0 Å². The Kier molecular flexibility index (Phi) is 9.87. The Hall–Kier alpha value is -3.53. The maximum atomic E-state index is 15.8. The number of methoxy groups -OCH3 is 1. The molecule has 44 heavy (non-hydrogen) atoms. The Morgan fingerprint density at radius 1 is 1.05 bits per heavy atom. The zero-order valence-corrected chi connectivity index (χ0v) is 27.0. The van der Waals surface area contributed by atoms with Crippen molar-refractivity contribution in [2.24, 2.45) is 5.92 Å². The number of amides is 2. The number of benzene rings is 3. The van der Waals surface area contributed by atoms with Gasteiger partial charge in [-0.25, -0.2) is 0 Å². The Morgan fingerprint density at radius 3 is 2.45 bits per heavy atom. The fourth-order valence-electron chi connectivity index (χ4n) is 6.97. The number of ether oxygens (including phenoxy) is 2. The molecule has 0 saturated carbocycles. The molecule has 5 atom stereocenters. The Bertz CT molecular complexity index is 1460. The second kappa shape index (κ2) is 13.6. The van der Waals surface area contributed by atoms with Gasteiger partial charge in [0.1, 0.15) is 5.75 Å². The molecular weight excluding hydrogens is 575 g/mol. The third-order valence-electron chi connectivity index (χ3n) is 9.21. The highest BCUT2D eigenvalue weighted by atomic mass is 28.4. The number of hydrogen-bond donors (Lipinski definition) is 2. The monoisotopic (exact) mass is 618 g/mol. The first kappa shape index (κ1) is 31.9. The lowest BCUT2D eigenvalue weighted by Gasteiger charge is -2.37. The largest absolute Gasteiger partial charge is 0.497 e. The van der Waals surface area contributed by atoms with Crippen LogP contribution in [-0.4, -0.2) is 62.2 Å². The summed E-state index contributed by atoms with van der Waals surface area (Å²) >= 11 is 0. The fraction of sp³-hybridized carbons (Fsp3) is 0.429. The maximum absolute atomic E-state index is 15.8. The zero-order valence-electron chi connectivity index (χ0n) is 26.0. The van der Waals surface area contributed by atoms with Crippen LogP contribution in [0.2, 0.25) is 18.6 Å². The van der Waals surface area contributed by atoms with Gasteiger partial charge in [0.2, 0.25) is 14.3 Å². The van der Waals surface area contributed by atoms with Crippen molar-refractivity contribution in [1.82, 2.24) is 4.90 Å². The molecule has 2 heterocycles. The number of aliphatic hydroxyl groups excluding tert-OH is 1. The summed E-state index contributed by atoms with van der Waals surface area (Å²) in [5.41, 5.74) is 4.20. The van der Waals surface area contributed by atoms with E-state index in [2.05, 4.69) is 5.32 Å². The molecule has 0 aliphatic carbocycles. The van der Waals surface area contributed by atoms with Gasteiger partial charge in [-0.1, -0.05) is 43.3 Å². The van der Waals surface area contributed by atoms with Crippen molar-refractivity contribution in [3.05, 3.63) is 95.1 Å². The SMILES string of the molecule is COc1ccc(C(=O)Nc2cccc(CC[C@H]3O[C@@H](CC(=O)N4Cc5ccccc5C[C@H]4CO)[C@H]([Si](C)(C)F)[C@H]3C)c2)cc1. The summed E-state index contributed by atoms with van der Waals surface area (Å²) in [5, 5.41) is 13.0. The molecule has 0 unspecified atom stereocenters. The van der Waals surface area contributed by atoms with Gasteiger partial charge in [-0.2, -0.15) is 0 Å². The average molecular weight is 619 g/mol. The van der Waals surface area contributed by atoms with Crippen LogP contribution in [0.25, 0.3) is 0 Å². The molecule has 2 N–H and O–H groups in total. The number of rotatable bonds is 10. The molecule has 2 aliphatic rings. The molecule has 2 amide bonds. The van der Waals surface area contributed by atoms with Crippen LogP contribution in [0, 0.1) is 5.92 Å². The van der Waals surface area contributed by atoms with Crippen LogP contribution in [0.4, 0.5) is 9.80 Å². The van der Waals surface area contributed by atoms with E-state index in [0.717, 1.165) is 16.7 Å². The van der Waals surface area contributed by atoms with E-state index in [1.807, 2.05) is 55.5 Å². The number of nitrogens with zero attached hydrogens (tertiary/aromatic N) is 1. The van der Waals surface area contributed by atoms with E-state index in [1.54, 1.807) is 49.4 Å². The topological polar surface area (TPSA) is 88.1 Å². The summed E-state index contributed by atoms with van der Waals surface area (Å²) in [6.07, 6.45) is 1.40. The first-order valence-corrected chi connectivity index (χ1v) is 18.4. The van der Waals surface area contributed by atoms with E-state index in [4.69, 9.17) is 9.47 Å². The number of aliphatic hydroxyl groups is 1. The van der Waals surface area contributed by atoms with Crippen molar-refractivity contribution < 1.29 is 28.3 Å². The number of carbonyl (C=O) groups is 2. The molecule has 9 heteroatoms. The summed E-state index contributed by atoms with van der Waals surface area (Å²) < 4.78 is 27.4. The summed E-state index contributed by atoms with van der Waals surface area (Å²) in [4.78, 5) is 28.2. The van der Waals surface area contributed by atoms with Gasteiger partial charge in [0, 0.05) is 23.3 Å². The molecule has 3 aromatic carbocycles. The Balaban J connectivity index is 1.23. The smallest absolute Gasteiger partial charge is 0.255 e. The second-order valence-corrected chi connectivity index (χ2v) is 16.4. The third-order valence-corrected chi connectivity index (χ3v) is 11.7. The average Bonchev–Trinajstić information content (AvgIpc) is 3.34. The highest BCUT2D eigenvalue weighted by Gasteiger charge is 2.52. The minimum absolute atomic E-state index is 0.0341. The molecule has 3 aromatic rings. The molecule has 0 spiro atoms. The third kappa shape index (κ3) is 7.22. The molecule has 0 radical (unpaired) electrons. The van der Waals surface area contributed by atoms with Crippen LogP contribution in [0.15, 0.2) is 72.8 Å². The number of anilines is 1. The number of hydrogen-bond acceptors (Lipinski definition) is 5. The minimum Gasteiger partial charge on any atom is -0.497 e. The second-order valence-electron chi connectivity index (χ2n) is 12.6. The summed E-state index contributed by atoms with van der Waals surface area (Å²) in [5.74, 6) is 0.350. The Labute approximate surface area is 260 Å². The molecule has 0 bridgehead atoms. The number of nitrogens with one attached hydrogen (secondary N) is 1. The summed E-state index contributed by atoms with van der Waals surface area (Å²) in [6.45, 7) is 5.79. The van der Waals surface area contributed by atoms with E-state index < -0.39 is 14.5 Å². The van der Waals surface area contributed by atoms with Gasteiger partial charge in [0.05, 0.1) is 38.4 Å². The fourth-order valence-corrected chi connectivity index (χ4v) is 9.51. The number of carbonyl (C=O) groups excluding carboxylic acids is 2. The first-order chi connectivity index (χ1) is 21.1. The van der Waals surface area contributed by atoms with Crippen LogP contribution in [0.3, 0.4) is 0 Å². The summed E-state index contributed by atoms with van der Waals surface area (Å²) in [7, 11) is -1.58. The predicted molar refractivity (Wildman–Crippen MR) is 172 cm³/mol. The molecule has 234 valence electrons.